The van der Waals surface area contributed by atoms with Gasteiger partial charge in [-0.25, -0.2) is 8.42 Å². The maximum Gasteiger partial charge on any atom is 0.271 e. The van der Waals surface area contributed by atoms with Crippen LogP contribution < -0.4 is 5.32 Å². The van der Waals surface area contributed by atoms with E-state index in [4.69, 9.17) is 0 Å². The number of hydrogen-bond donors (Lipinski definition) is 1. The highest BCUT2D eigenvalue weighted by Crippen LogP contribution is 2.24. The third-order valence-electron chi connectivity index (χ3n) is 5.96. The van der Waals surface area contributed by atoms with E-state index >= 15 is 0 Å². The fourth-order valence-corrected chi connectivity index (χ4v) is 5.70. The lowest BCUT2D eigenvalue weighted by atomic mass is 10.1. The number of carbonyl (C=O) groups excluding carboxylic acids is 1. The molecule has 0 radical (unpaired) electrons. The van der Waals surface area contributed by atoms with Crippen molar-refractivity contribution in [2.75, 3.05) is 31.5 Å². The zero-order chi connectivity index (χ0) is 25.0. The first kappa shape index (κ1) is 24.5. The third-order valence-corrected chi connectivity index (χ3v) is 8.00. The van der Waals surface area contributed by atoms with Crippen LogP contribution in [0.15, 0.2) is 77.7 Å². The average molecular weight is 495 g/mol. The van der Waals surface area contributed by atoms with E-state index < -0.39 is 20.9 Å². The van der Waals surface area contributed by atoms with Crippen LogP contribution in [0.2, 0.25) is 0 Å². The van der Waals surface area contributed by atoms with E-state index in [1.807, 2.05) is 18.2 Å². The van der Waals surface area contributed by atoms with E-state index in [1.54, 1.807) is 19.1 Å². The predicted molar refractivity (Wildman–Crippen MR) is 133 cm³/mol. The minimum atomic E-state index is -3.80. The molecule has 3 aromatic carbocycles. The van der Waals surface area contributed by atoms with Crippen molar-refractivity contribution in [1.29, 1.82) is 0 Å². The van der Waals surface area contributed by atoms with Crippen LogP contribution in [-0.4, -0.2) is 54.6 Å². The molecule has 1 fully saturated rings. The molecular formula is C25H26N4O5S. The van der Waals surface area contributed by atoms with Crippen LogP contribution in [0.25, 0.3) is 0 Å². The summed E-state index contributed by atoms with van der Waals surface area (Å²) in [7, 11) is -3.80. The van der Waals surface area contributed by atoms with Crippen molar-refractivity contribution in [3.8, 4) is 0 Å². The number of rotatable bonds is 7. The summed E-state index contributed by atoms with van der Waals surface area (Å²) in [6.45, 7) is 4.40. The molecule has 4 rings (SSSR count). The molecule has 1 aliphatic rings. The molecule has 35 heavy (non-hydrogen) atoms. The van der Waals surface area contributed by atoms with E-state index in [9.17, 15) is 23.3 Å². The van der Waals surface area contributed by atoms with Crippen LogP contribution in [0.1, 0.15) is 21.5 Å². The Hall–Kier alpha value is -3.60. The number of non-ortho nitro benzene ring substituents is 1. The van der Waals surface area contributed by atoms with Crippen molar-refractivity contribution in [2.45, 2.75) is 18.4 Å². The van der Waals surface area contributed by atoms with Crippen molar-refractivity contribution in [3.63, 3.8) is 0 Å². The SMILES string of the molecule is Cc1ccc(C(=O)Nc2cccc([N+](=O)[O-])c2)cc1S(=O)(=O)N1CCN(Cc2ccccc2)CC1. The molecular weight excluding hydrogens is 468 g/mol. The van der Waals surface area contributed by atoms with Crippen LogP contribution in [0, 0.1) is 17.0 Å². The first-order chi connectivity index (χ1) is 16.7. The molecule has 0 unspecified atom stereocenters. The molecule has 1 N–H and O–H groups in total. The van der Waals surface area contributed by atoms with Crippen LogP contribution in [0.3, 0.4) is 0 Å². The van der Waals surface area contributed by atoms with Crippen LogP contribution in [-0.2, 0) is 16.6 Å². The molecule has 3 aromatic rings. The van der Waals surface area contributed by atoms with Gasteiger partial charge < -0.3 is 5.32 Å². The normalized spacial score (nSPS) is 15.0. The summed E-state index contributed by atoms with van der Waals surface area (Å²) in [5, 5.41) is 13.6. The largest absolute Gasteiger partial charge is 0.322 e. The number of anilines is 1. The van der Waals surface area contributed by atoms with Gasteiger partial charge in [-0.1, -0.05) is 42.5 Å². The van der Waals surface area contributed by atoms with Gasteiger partial charge in [-0.3, -0.25) is 19.8 Å². The smallest absolute Gasteiger partial charge is 0.271 e. The minimum absolute atomic E-state index is 0.0840. The monoisotopic (exact) mass is 494 g/mol. The highest BCUT2D eigenvalue weighted by atomic mass is 32.2. The average Bonchev–Trinajstić information content (AvgIpc) is 2.85. The van der Waals surface area contributed by atoms with Gasteiger partial charge in [0.15, 0.2) is 0 Å². The van der Waals surface area contributed by atoms with Crippen molar-refractivity contribution in [1.82, 2.24) is 9.21 Å². The summed E-state index contributed by atoms with van der Waals surface area (Å²) in [6, 6.07) is 20.1. The molecule has 0 spiro atoms. The summed E-state index contributed by atoms with van der Waals surface area (Å²) in [6.07, 6.45) is 0. The summed E-state index contributed by atoms with van der Waals surface area (Å²) < 4.78 is 28.3. The van der Waals surface area contributed by atoms with Crippen molar-refractivity contribution in [2.24, 2.45) is 0 Å². The zero-order valence-electron chi connectivity index (χ0n) is 19.3. The number of aryl methyl sites for hydroxylation is 1. The second kappa shape index (κ2) is 10.3. The second-order valence-corrected chi connectivity index (χ2v) is 10.3. The molecule has 1 saturated heterocycles. The quantitative estimate of drug-likeness (QED) is 0.396. The molecule has 10 heteroatoms. The van der Waals surface area contributed by atoms with Crippen LogP contribution in [0.4, 0.5) is 11.4 Å². The lowest BCUT2D eigenvalue weighted by Gasteiger charge is -2.34. The topological polar surface area (TPSA) is 113 Å². The van der Waals surface area contributed by atoms with Gasteiger partial charge >= 0.3 is 0 Å². The molecule has 1 amide bonds. The van der Waals surface area contributed by atoms with Gasteiger partial charge in [0.1, 0.15) is 0 Å². The molecule has 0 atom stereocenters. The number of nitro benzene ring substituents is 1. The lowest BCUT2D eigenvalue weighted by Crippen LogP contribution is -2.48. The van der Waals surface area contributed by atoms with Gasteiger partial charge in [-0.15, -0.1) is 0 Å². The minimum Gasteiger partial charge on any atom is -0.322 e. The lowest BCUT2D eigenvalue weighted by molar-refractivity contribution is -0.384. The van der Waals surface area contributed by atoms with Crippen LogP contribution >= 0.6 is 0 Å². The Morgan fingerprint density at radius 2 is 1.69 bits per heavy atom. The summed E-state index contributed by atoms with van der Waals surface area (Å²) >= 11 is 0. The van der Waals surface area contributed by atoms with Crippen molar-refractivity contribution in [3.05, 3.63) is 99.6 Å². The van der Waals surface area contributed by atoms with Crippen molar-refractivity contribution < 1.29 is 18.1 Å². The maximum atomic E-state index is 13.4. The van der Waals surface area contributed by atoms with E-state index in [2.05, 4.69) is 22.3 Å². The van der Waals surface area contributed by atoms with Gasteiger partial charge in [0.2, 0.25) is 10.0 Å². The Morgan fingerprint density at radius 1 is 0.971 bits per heavy atom. The Kier molecular flexibility index (Phi) is 7.25. The standard InChI is InChI=1S/C25H26N4O5S/c1-19-10-11-21(25(30)26-22-8-5-9-23(17-22)29(31)32)16-24(19)35(33,34)28-14-12-27(13-15-28)18-20-6-3-2-4-7-20/h2-11,16-17H,12-15,18H2,1H3,(H,26,30). The molecule has 1 aliphatic heterocycles. The number of piperazine rings is 1. The fourth-order valence-electron chi connectivity index (χ4n) is 4.03. The maximum absolute atomic E-state index is 13.4. The third kappa shape index (κ3) is 5.73. The van der Waals surface area contributed by atoms with E-state index in [0.717, 1.165) is 6.54 Å². The molecule has 1 heterocycles. The highest BCUT2D eigenvalue weighted by Gasteiger charge is 2.30. The van der Waals surface area contributed by atoms with Gasteiger partial charge in [-0.05, 0) is 36.2 Å². The first-order valence-electron chi connectivity index (χ1n) is 11.2. The molecule has 182 valence electrons. The number of hydrogen-bond acceptors (Lipinski definition) is 6. The Bertz CT molecular complexity index is 1340. The Labute approximate surface area is 204 Å². The molecule has 0 aromatic heterocycles. The molecule has 0 aliphatic carbocycles. The Balaban J connectivity index is 1.47. The number of benzene rings is 3. The number of amides is 1. The molecule has 0 saturated carbocycles. The second-order valence-electron chi connectivity index (χ2n) is 8.41. The number of nitrogens with zero attached hydrogens (tertiary/aromatic N) is 3. The van der Waals surface area contributed by atoms with Gasteiger partial charge in [0, 0.05) is 56.1 Å². The number of nitro groups is 1. The zero-order valence-corrected chi connectivity index (χ0v) is 20.1. The fraction of sp³-hybridized carbons (Fsp3) is 0.240. The summed E-state index contributed by atoms with van der Waals surface area (Å²) in [4.78, 5) is 25.5. The van der Waals surface area contributed by atoms with Gasteiger partial charge in [-0.2, -0.15) is 4.31 Å². The van der Waals surface area contributed by atoms with Crippen LogP contribution in [0.5, 0.6) is 0 Å². The van der Waals surface area contributed by atoms with Gasteiger partial charge in [0.25, 0.3) is 11.6 Å². The molecule has 0 bridgehead atoms. The molecule has 9 nitrogen and oxygen atoms in total. The summed E-state index contributed by atoms with van der Waals surface area (Å²) in [5.74, 6) is -0.547. The van der Waals surface area contributed by atoms with E-state index in [0.29, 0.717) is 31.7 Å². The number of sulfonamides is 1. The summed E-state index contributed by atoms with van der Waals surface area (Å²) in [5.41, 5.74) is 1.99. The van der Waals surface area contributed by atoms with E-state index in [1.165, 1.54) is 40.2 Å². The predicted octanol–water partition coefficient (Wildman–Crippen LogP) is 3.66. The van der Waals surface area contributed by atoms with Gasteiger partial charge in [0.05, 0.1) is 9.82 Å². The van der Waals surface area contributed by atoms with E-state index in [-0.39, 0.29) is 21.8 Å². The number of carbonyl (C=O) groups is 1. The first-order valence-corrected chi connectivity index (χ1v) is 12.6. The Morgan fingerprint density at radius 3 is 2.37 bits per heavy atom. The van der Waals surface area contributed by atoms with Crippen molar-refractivity contribution >= 4 is 27.3 Å². The highest BCUT2D eigenvalue weighted by molar-refractivity contribution is 7.89. The number of nitrogens with one attached hydrogen (secondary N) is 1.